The molecule has 7 aromatic rings. The number of halogens is 4. The van der Waals surface area contributed by atoms with Crippen LogP contribution in [0.1, 0.15) is 111 Å². The van der Waals surface area contributed by atoms with E-state index in [9.17, 15) is 74.7 Å². The van der Waals surface area contributed by atoms with Gasteiger partial charge < -0.3 is 128 Å². The number of aromatic hydroxyl groups is 3. The number of aliphatic hydroxyl groups is 6. The third-order valence-electron chi connectivity index (χ3n) is 21.7. The Morgan fingerprint density at radius 3 is 2.03 bits per heavy atom. The molecule has 10 amide bonds. The number of carbonyl (C=O) groups excluding carboxylic acids is 10. The lowest BCUT2D eigenvalue weighted by Gasteiger charge is -2.48. The van der Waals surface area contributed by atoms with Crippen LogP contribution in [-0.4, -0.2) is 220 Å². The van der Waals surface area contributed by atoms with Gasteiger partial charge in [-0.15, -0.1) is 0 Å². The molecule has 130 heavy (non-hydrogen) atoms. The van der Waals surface area contributed by atoms with Crippen molar-refractivity contribution in [3.05, 3.63) is 179 Å². The SMILES string of the molecule is CN[C@H](CC(C)C)C(=O)N[C@H]1C(=O)N[C@@H](CC(N)=O)C(=O)N[C@H]2C(=O)N[C@H]3C(=O)N[C@H](C(=O)N[C@@H](C(=O)NOCC(=O)NC#N)c4cc(O)cc(O)c4-c4cc3ccc4O)[C@H](O)c3ccc(c(Cl)c3)Oc3cc2cc(c3O[C@@H]2O[C@H](CO)[C@@H](O)[C@H](O)[C@H]2O[C@H]2C[C@](C)(NCCn3ccc(NC(=O)/C=C/c4ccc(Cl)c(Cl)c4)nc3=O)[C@H](O)[C@H](C)O2)Oc2ccc(cc2Cl)[C@H]1O. The van der Waals surface area contributed by atoms with E-state index in [-0.39, 0.29) is 53.8 Å². The number of hydrogen-bond acceptors (Lipinski definition) is 31. The number of nitrogens with zero attached hydrogens (tertiary/aromatic N) is 3. The molecule has 7 aliphatic heterocycles. The van der Waals surface area contributed by atoms with E-state index in [1.807, 2.05) is 5.48 Å². The number of hydroxylamine groups is 1. The minimum absolute atomic E-state index is 0.0595. The summed E-state index contributed by atoms with van der Waals surface area (Å²) < 4.78 is 40.6. The number of nitrogens with one attached hydrogen (secondary N) is 11. The predicted octanol–water partition coefficient (Wildman–Crippen LogP) is 1.51. The van der Waals surface area contributed by atoms with Crippen LogP contribution < -0.4 is 84.3 Å². The summed E-state index contributed by atoms with van der Waals surface area (Å²) in [7, 11) is 1.45. The molecule has 14 rings (SSSR count). The number of primary amides is 1. The Balaban J connectivity index is 0.993. The Morgan fingerprint density at radius 2 is 1.39 bits per heavy atom. The quantitative estimate of drug-likeness (QED) is 0.0187. The number of amides is 10. The molecule has 0 unspecified atom stereocenters. The lowest BCUT2D eigenvalue weighted by atomic mass is 9.85. The van der Waals surface area contributed by atoms with Crippen molar-refractivity contribution >= 4 is 117 Å². The smallest absolute Gasteiger partial charge is 0.349 e. The van der Waals surface area contributed by atoms with Crippen molar-refractivity contribution in [1.82, 2.24) is 62.9 Å². The Morgan fingerprint density at radius 1 is 0.731 bits per heavy atom. The minimum atomic E-state index is -2.44. The van der Waals surface area contributed by atoms with E-state index >= 15 is 24.0 Å². The molecule has 2 fully saturated rings. The average molecular weight is 1880 g/mol. The summed E-state index contributed by atoms with van der Waals surface area (Å²) in [6.07, 6.45) is -14.5. The van der Waals surface area contributed by atoms with E-state index < -0.39 is 277 Å². The van der Waals surface area contributed by atoms with Crippen LogP contribution in [0.2, 0.25) is 20.1 Å². The van der Waals surface area contributed by atoms with Gasteiger partial charge in [0, 0.05) is 54.5 Å². The molecular formula is C84H89Cl4N15O27. The summed E-state index contributed by atoms with van der Waals surface area (Å²) in [6.45, 7) is 4.44. The number of fused-ring (bicyclic) bond motifs is 15. The van der Waals surface area contributed by atoms with E-state index in [1.165, 1.54) is 55.2 Å². The molecule has 1 aromatic heterocycles. The molecule has 46 heteroatoms. The molecule has 0 spiro atoms. The number of phenols is 3. The number of ether oxygens (including phenoxy) is 6. The van der Waals surface area contributed by atoms with Crippen LogP contribution in [0.5, 0.6) is 46.0 Å². The van der Waals surface area contributed by atoms with Gasteiger partial charge in [-0.05, 0) is 145 Å². The first kappa shape index (κ1) is 96.7. The molecule has 0 saturated carbocycles. The molecule has 42 nitrogen and oxygen atoms in total. The third kappa shape index (κ3) is 22.4. The highest BCUT2D eigenvalue weighted by molar-refractivity contribution is 6.42. The van der Waals surface area contributed by atoms with Crippen molar-refractivity contribution in [3.63, 3.8) is 0 Å². The zero-order chi connectivity index (χ0) is 94.2. The molecule has 7 aliphatic rings. The summed E-state index contributed by atoms with van der Waals surface area (Å²) in [5, 5.41) is 141. The monoisotopic (exact) mass is 1880 g/mol. The topological polar surface area (TPSA) is 634 Å². The number of likely N-dealkylation sites (N-methyl/N-ethyl adjacent to an activating group) is 1. The van der Waals surface area contributed by atoms with Gasteiger partial charge in [0.25, 0.3) is 11.8 Å². The molecule has 6 aromatic carbocycles. The number of nitrogens with two attached hydrogens (primary N) is 1. The lowest BCUT2D eigenvalue weighted by molar-refractivity contribution is -0.334. The highest BCUT2D eigenvalue weighted by Crippen LogP contribution is 2.50. The Bertz CT molecular complexity index is 5690. The molecule has 22 N–H and O–H groups in total. The summed E-state index contributed by atoms with van der Waals surface area (Å²) in [5.74, 6) is -18.3. The second-order valence-electron chi connectivity index (χ2n) is 31.4. The van der Waals surface area contributed by atoms with E-state index in [0.29, 0.717) is 10.6 Å². The summed E-state index contributed by atoms with van der Waals surface area (Å²) in [4.78, 5) is 168. The van der Waals surface area contributed by atoms with E-state index in [4.69, 9.17) is 90.7 Å². The largest absolute Gasteiger partial charge is 0.508 e. The summed E-state index contributed by atoms with van der Waals surface area (Å²) >= 11 is 26.5. The zero-order valence-electron chi connectivity index (χ0n) is 69.2. The zero-order valence-corrected chi connectivity index (χ0v) is 72.2. The number of aromatic nitrogens is 2. The van der Waals surface area contributed by atoms with Crippen molar-refractivity contribution < 1.29 is 127 Å². The number of carbonyl (C=O) groups is 10. The Labute approximate surface area is 757 Å². The fraction of sp³-hybridized carbons (Fsp3) is 0.369. The van der Waals surface area contributed by atoms with Gasteiger partial charge in [0.1, 0.15) is 101 Å². The molecule has 0 aliphatic carbocycles. The normalized spacial score (nSPS) is 25.3. The van der Waals surface area contributed by atoms with Crippen LogP contribution in [0.25, 0.3) is 17.2 Å². The van der Waals surface area contributed by atoms with Crippen molar-refractivity contribution in [3.8, 4) is 63.3 Å². The molecule has 18 atom stereocenters. The van der Waals surface area contributed by atoms with Crippen LogP contribution >= 0.6 is 46.4 Å². The fourth-order valence-corrected chi connectivity index (χ4v) is 15.8. The van der Waals surface area contributed by atoms with Crippen molar-refractivity contribution in [1.29, 1.82) is 5.26 Å². The van der Waals surface area contributed by atoms with Gasteiger partial charge in [-0.2, -0.15) is 10.2 Å². The Kier molecular flexibility index (Phi) is 30.9. The molecular weight excluding hydrogens is 1790 g/mol. The minimum Gasteiger partial charge on any atom is -0.508 e. The maximum Gasteiger partial charge on any atom is 0.349 e. The second-order valence-corrected chi connectivity index (χ2v) is 33.0. The summed E-state index contributed by atoms with van der Waals surface area (Å²) in [6, 6.07) is 4.58. The molecule has 11 bridgehead atoms. The van der Waals surface area contributed by atoms with Crippen LogP contribution in [-0.2, 0) is 73.5 Å². The van der Waals surface area contributed by atoms with Gasteiger partial charge in [0.2, 0.25) is 59.3 Å². The molecule has 2 saturated heterocycles. The first-order valence-corrected chi connectivity index (χ1v) is 41.6. The summed E-state index contributed by atoms with van der Waals surface area (Å²) in [5.41, 5.74) is 2.86. The third-order valence-corrected chi connectivity index (χ3v) is 23.0. The number of nitriles is 1. The van der Waals surface area contributed by atoms with Gasteiger partial charge in [-0.3, -0.25) is 62.7 Å². The van der Waals surface area contributed by atoms with E-state index in [0.717, 1.165) is 72.8 Å². The highest BCUT2D eigenvalue weighted by atomic mass is 35.5. The van der Waals surface area contributed by atoms with Crippen LogP contribution in [0.3, 0.4) is 0 Å². The first-order chi connectivity index (χ1) is 61.7. The van der Waals surface area contributed by atoms with Gasteiger partial charge >= 0.3 is 5.69 Å². The van der Waals surface area contributed by atoms with Crippen LogP contribution in [0, 0.1) is 17.4 Å². The number of hydrogen-bond donors (Lipinski definition) is 21. The average Bonchev–Trinajstić information content (AvgIpc) is 0.762. The standard InChI is InChI=1S/C84H89Cl4N15O27/c1-34(2)20-48(91-5)75(116)100-66-68(111)38-9-13-52(46(87)23-38)126-54-25-40-26-55(72(54)130-82-73(71(114)70(113)56(31-104)128-82)129-61-30-84(4,74(115)35(3)125-61)93-17-19-103-18-16-58(96-83(103)123)95-59(109)15-7-36-6-11-44(85)45(86)21-36)127-53-14-10-39(24-47(53)88)69(112)67-80(121)99-65(81(122)102-124-32-60(110)92-33-89)43-27-41(105)28-51(107)62(43)42-22-37(8-12-50(42)106)63(77(118)101-67)98-78(119)64(40)97-76(117)49(29-57(90)108)94-79(66)120/h6-16,18,21-28,34-35,48-49,56,61,63-71,73-74,82,91,93,104-107,111-115H,17,19-20,29-32H2,1-5H3,(H2,90,108)(H,92,110)(H,94,120)(H,97,117)(H,98,119)(H,99,121)(H,100,116)(H,101,118)(H,102,122)(H,95,96,109,123)/b15-7+/t35-,48+,49-,56+,61-,63+,64+,65+,66+,67-,68+,69+,70+,71-,73+,74+,82-,84-/m0/s1. The van der Waals surface area contributed by atoms with Gasteiger partial charge in [-0.25, -0.2) is 10.3 Å². The number of aliphatic hydroxyl groups excluding tert-OH is 6. The highest BCUT2D eigenvalue weighted by Gasteiger charge is 2.52. The van der Waals surface area contributed by atoms with Crippen molar-refractivity contribution in [2.75, 3.05) is 32.1 Å². The number of anilines is 1. The maximum absolute atomic E-state index is 16.4. The fourth-order valence-electron chi connectivity index (χ4n) is 15.1. The number of benzene rings is 6. The molecule has 0 radical (unpaired) electrons. The van der Waals surface area contributed by atoms with Crippen molar-refractivity contribution in [2.45, 2.75) is 163 Å². The lowest BCUT2D eigenvalue weighted by Crippen LogP contribution is -2.65. The van der Waals surface area contributed by atoms with Gasteiger partial charge in [-0.1, -0.05) is 84.5 Å². The van der Waals surface area contributed by atoms with Crippen molar-refractivity contribution in [2.24, 2.45) is 11.7 Å². The maximum atomic E-state index is 16.4. The second kappa shape index (κ2) is 41.6. The van der Waals surface area contributed by atoms with Gasteiger partial charge in [0.05, 0.1) is 51.4 Å². The molecule has 8 heterocycles. The van der Waals surface area contributed by atoms with Crippen LogP contribution in [0.15, 0.2) is 120 Å². The number of phenolic OH excluding ortho intramolecular Hbond substituents is 3. The number of rotatable bonds is 23. The Hall–Kier alpha value is -12.4. The van der Waals surface area contributed by atoms with E-state index in [2.05, 4.69) is 52.8 Å². The van der Waals surface area contributed by atoms with Gasteiger partial charge in [0.15, 0.2) is 36.7 Å². The first-order valence-electron chi connectivity index (χ1n) is 40.0. The molecule has 690 valence electrons. The van der Waals surface area contributed by atoms with Crippen LogP contribution in [0.4, 0.5) is 5.82 Å². The predicted molar refractivity (Wildman–Crippen MR) is 456 cm³/mol. The van der Waals surface area contributed by atoms with E-state index in [1.54, 1.807) is 44.3 Å².